The summed E-state index contributed by atoms with van der Waals surface area (Å²) in [5, 5.41) is 5.88. The van der Waals surface area contributed by atoms with Crippen molar-refractivity contribution in [3.05, 3.63) is 41.9 Å². The molecule has 1 unspecified atom stereocenters. The first kappa shape index (κ1) is 26.1. The zero-order chi connectivity index (χ0) is 25.9. The van der Waals surface area contributed by atoms with Crippen LogP contribution in [0.2, 0.25) is 0 Å². The maximum absolute atomic E-state index is 13.1. The van der Waals surface area contributed by atoms with E-state index in [-0.39, 0.29) is 11.3 Å². The molecule has 0 saturated carbocycles. The molecule has 3 aromatic rings. The molecule has 0 spiro atoms. The van der Waals surface area contributed by atoms with Gasteiger partial charge in [-0.1, -0.05) is 52.8 Å². The van der Waals surface area contributed by atoms with Gasteiger partial charge in [-0.15, -0.1) is 0 Å². The van der Waals surface area contributed by atoms with Gasteiger partial charge in [-0.05, 0) is 49.7 Å². The van der Waals surface area contributed by atoms with E-state index in [0.717, 1.165) is 85.9 Å². The van der Waals surface area contributed by atoms with Gasteiger partial charge in [-0.2, -0.15) is 5.10 Å². The summed E-state index contributed by atoms with van der Waals surface area (Å²) >= 11 is 0. The smallest absolute Gasteiger partial charge is 0.222 e. The number of hydrogen-bond donors (Lipinski definition) is 0. The largest absolute Gasteiger partial charge is 0.354 e. The molecule has 1 aromatic carbocycles. The minimum absolute atomic E-state index is 0.242. The van der Waals surface area contributed by atoms with Crippen molar-refractivity contribution >= 4 is 22.8 Å². The van der Waals surface area contributed by atoms with Crippen molar-refractivity contribution in [2.75, 3.05) is 31.1 Å². The maximum atomic E-state index is 13.1. The summed E-state index contributed by atoms with van der Waals surface area (Å²) in [6, 6.07) is 10.2. The van der Waals surface area contributed by atoms with Gasteiger partial charge in [0.05, 0.1) is 16.8 Å². The number of rotatable bonds is 7. The van der Waals surface area contributed by atoms with Crippen LogP contribution < -0.4 is 4.90 Å². The van der Waals surface area contributed by atoms with E-state index in [0.29, 0.717) is 12.3 Å². The Morgan fingerprint density at radius 3 is 2.50 bits per heavy atom. The van der Waals surface area contributed by atoms with Gasteiger partial charge in [-0.3, -0.25) is 4.79 Å². The number of para-hydroxylation sites is 1. The van der Waals surface area contributed by atoms with Crippen LogP contribution in [0.5, 0.6) is 0 Å². The molecule has 194 valence electrons. The standard InChI is InChI=1S/C29H42N6O/c1-7-12-24-30-27(26-22(3)32-35(28(26)31-24)23-13-9-8-10-14-23)34-16-11-15-33(17-18-34)25(36)19-21(2)20-29(4,5)6/h8-10,13-14,21H,7,11-12,15-20H2,1-6H3. The predicted molar refractivity (Wildman–Crippen MR) is 147 cm³/mol. The fourth-order valence-corrected chi connectivity index (χ4v) is 5.44. The molecule has 4 rings (SSSR count). The highest BCUT2D eigenvalue weighted by atomic mass is 16.2. The van der Waals surface area contributed by atoms with E-state index in [9.17, 15) is 4.79 Å². The van der Waals surface area contributed by atoms with Crippen LogP contribution in [-0.4, -0.2) is 56.7 Å². The Labute approximate surface area is 215 Å². The molecule has 0 bridgehead atoms. The lowest BCUT2D eigenvalue weighted by Gasteiger charge is -2.26. The summed E-state index contributed by atoms with van der Waals surface area (Å²) < 4.78 is 1.94. The Kier molecular flexibility index (Phi) is 7.96. The molecule has 3 heterocycles. The molecule has 36 heavy (non-hydrogen) atoms. The maximum Gasteiger partial charge on any atom is 0.222 e. The summed E-state index contributed by atoms with van der Waals surface area (Å²) in [6.45, 7) is 16.3. The third-order valence-electron chi connectivity index (χ3n) is 6.84. The molecule has 7 heteroatoms. The van der Waals surface area contributed by atoms with Crippen LogP contribution in [-0.2, 0) is 11.2 Å². The third kappa shape index (κ3) is 6.05. The number of nitrogens with zero attached hydrogens (tertiary/aromatic N) is 6. The van der Waals surface area contributed by atoms with Gasteiger partial charge in [0.2, 0.25) is 5.91 Å². The first-order valence-electron chi connectivity index (χ1n) is 13.5. The molecule has 0 N–H and O–H groups in total. The van der Waals surface area contributed by atoms with Gasteiger partial charge in [0, 0.05) is 39.0 Å². The first-order chi connectivity index (χ1) is 17.2. The third-order valence-corrected chi connectivity index (χ3v) is 6.84. The van der Waals surface area contributed by atoms with Crippen LogP contribution in [0, 0.1) is 18.3 Å². The zero-order valence-electron chi connectivity index (χ0n) is 22.9. The number of amides is 1. The number of aryl methyl sites for hydroxylation is 2. The topological polar surface area (TPSA) is 67.2 Å². The average molecular weight is 491 g/mol. The number of carbonyl (C=O) groups excluding carboxylic acids is 1. The molecule has 1 fully saturated rings. The van der Waals surface area contributed by atoms with Crippen LogP contribution in [0.25, 0.3) is 16.7 Å². The molecule has 0 aliphatic carbocycles. The van der Waals surface area contributed by atoms with Crippen molar-refractivity contribution in [1.29, 1.82) is 0 Å². The monoisotopic (exact) mass is 490 g/mol. The van der Waals surface area contributed by atoms with Crippen molar-refractivity contribution < 1.29 is 4.79 Å². The van der Waals surface area contributed by atoms with E-state index < -0.39 is 0 Å². The van der Waals surface area contributed by atoms with Crippen LogP contribution in [0.1, 0.15) is 71.8 Å². The van der Waals surface area contributed by atoms with Crippen molar-refractivity contribution in [3.63, 3.8) is 0 Å². The van der Waals surface area contributed by atoms with Crippen LogP contribution in [0.3, 0.4) is 0 Å². The van der Waals surface area contributed by atoms with Crippen LogP contribution in [0.15, 0.2) is 30.3 Å². The number of hydrogen-bond acceptors (Lipinski definition) is 5. The fraction of sp³-hybridized carbons (Fsp3) is 0.586. The van der Waals surface area contributed by atoms with E-state index in [4.69, 9.17) is 15.1 Å². The Bertz CT molecular complexity index is 1180. The van der Waals surface area contributed by atoms with Crippen molar-refractivity contribution in [1.82, 2.24) is 24.6 Å². The minimum Gasteiger partial charge on any atom is -0.354 e. The summed E-state index contributed by atoms with van der Waals surface area (Å²) in [4.78, 5) is 27.5. The lowest BCUT2D eigenvalue weighted by atomic mass is 9.84. The Hall–Kier alpha value is -2.96. The first-order valence-corrected chi connectivity index (χ1v) is 13.5. The van der Waals surface area contributed by atoms with E-state index in [2.05, 4.69) is 56.6 Å². The van der Waals surface area contributed by atoms with Crippen LogP contribution >= 0.6 is 0 Å². The van der Waals surface area contributed by atoms with Gasteiger partial charge in [-0.25, -0.2) is 14.6 Å². The summed E-state index contributed by atoms with van der Waals surface area (Å²) in [6.07, 6.45) is 4.42. The molecule has 1 aliphatic heterocycles. The molecule has 7 nitrogen and oxygen atoms in total. The second-order valence-corrected chi connectivity index (χ2v) is 11.5. The van der Waals surface area contributed by atoms with Crippen molar-refractivity contribution in [3.8, 4) is 5.69 Å². The lowest BCUT2D eigenvalue weighted by molar-refractivity contribution is -0.132. The van der Waals surface area contributed by atoms with Gasteiger partial charge >= 0.3 is 0 Å². The fourth-order valence-electron chi connectivity index (χ4n) is 5.44. The predicted octanol–water partition coefficient (Wildman–Crippen LogP) is 5.58. The van der Waals surface area contributed by atoms with E-state index >= 15 is 0 Å². The number of carbonyl (C=O) groups is 1. The second-order valence-electron chi connectivity index (χ2n) is 11.5. The van der Waals surface area contributed by atoms with Crippen molar-refractivity contribution in [2.24, 2.45) is 11.3 Å². The SMILES string of the molecule is CCCc1nc(N2CCCN(C(=O)CC(C)CC(C)(C)C)CC2)c2c(C)nn(-c3ccccc3)c2n1. The minimum atomic E-state index is 0.242. The summed E-state index contributed by atoms with van der Waals surface area (Å²) in [7, 11) is 0. The van der Waals surface area contributed by atoms with E-state index in [1.54, 1.807) is 0 Å². The normalized spacial score (nSPS) is 15.8. The van der Waals surface area contributed by atoms with Gasteiger partial charge in [0.25, 0.3) is 0 Å². The van der Waals surface area contributed by atoms with Gasteiger partial charge in [0.1, 0.15) is 11.6 Å². The molecule has 1 aliphatic rings. The summed E-state index contributed by atoms with van der Waals surface area (Å²) in [5.74, 6) is 2.48. The Morgan fingerprint density at radius 2 is 1.81 bits per heavy atom. The van der Waals surface area contributed by atoms with Gasteiger partial charge in [0.15, 0.2) is 5.65 Å². The highest BCUT2D eigenvalue weighted by Crippen LogP contribution is 2.30. The number of benzene rings is 1. The molecule has 2 aromatic heterocycles. The van der Waals surface area contributed by atoms with E-state index in [1.807, 2.05) is 29.8 Å². The molecule has 1 amide bonds. The van der Waals surface area contributed by atoms with E-state index in [1.165, 1.54) is 0 Å². The molecule has 0 radical (unpaired) electrons. The quantitative estimate of drug-likeness (QED) is 0.433. The lowest BCUT2D eigenvalue weighted by Crippen LogP contribution is -2.36. The highest BCUT2D eigenvalue weighted by Gasteiger charge is 2.26. The highest BCUT2D eigenvalue weighted by molar-refractivity contribution is 5.91. The zero-order valence-corrected chi connectivity index (χ0v) is 22.9. The Morgan fingerprint density at radius 1 is 1.06 bits per heavy atom. The molecule has 1 saturated heterocycles. The summed E-state index contributed by atoms with van der Waals surface area (Å²) in [5.41, 5.74) is 3.03. The van der Waals surface area contributed by atoms with Crippen molar-refractivity contribution in [2.45, 2.75) is 73.6 Å². The molecular weight excluding hydrogens is 448 g/mol. The average Bonchev–Trinajstić information content (AvgIpc) is 2.98. The second kappa shape index (κ2) is 11.0. The Balaban J connectivity index is 1.60. The van der Waals surface area contributed by atoms with Crippen LogP contribution in [0.4, 0.5) is 5.82 Å². The molecular formula is C29H42N6O. The van der Waals surface area contributed by atoms with Gasteiger partial charge < -0.3 is 9.80 Å². The number of anilines is 1. The number of aromatic nitrogens is 4. The number of fused-ring (bicyclic) bond motifs is 1. The molecule has 1 atom stereocenters.